The Balaban J connectivity index is 0.000000142. The summed E-state index contributed by atoms with van der Waals surface area (Å²) in [5.41, 5.74) is 6.12. The predicted octanol–water partition coefficient (Wildman–Crippen LogP) is 4.58. The lowest BCUT2D eigenvalue weighted by atomic mass is 9.70. The molecule has 4 atom stereocenters. The van der Waals surface area contributed by atoms with Crippen molar-refractivity contribution in [2.45, 2.75) is 96.5 Å². The third-order valence-corrected chi connectivity index (χ3v) is 10.4. The van der Waals surface area contributed by atoms with Crippen LogP contribution in [0.25, 0.3) is 0 Å². The highest BCUT2D eigenvalue weighted by Gasteiger charge is 2.62. The third kappa shape index (κ3) is 2.76. The second-order valence-electron chi connectivity index (χ2n) is 12.0. The molecule has 2 aromatic rings. The maximum atomic E-state index is 11.5. The summed E-state index contributed by atoms with van der Waals surface area (Å²) < 4.78 is 4.71. The number of aliphatic hydroxyl groups is 1. The van der Waals surface area contributed by atoms with Crippen LogP contribution in [0.15, 0.2) is 12.4 Å². The van der Waals surface area contributed by atoms with E-state index in [4.69, 9.17) is 9.84 Å². The van der Waals surface area contributed by atoms with Gasteiger partial charge in [0.1, 0.15) is 0 Å². The molecule has 4 aliphatic rings. The van der Waals surface area contributed by atoms with Gasteiger partial charge in [-0.05, 0) is 36.5 Å². The van der Waals surface area contributed by atoms with Crippen LogP contribution < -0.4 is 0 Å². The minimum Gasteiger partial charge on any atom is -0.464 e. The molecule has 4 unspecified atom stereocenters. The number of carbonyl (C=O) groups is 1. The van der Waals surface area contributed by atoms with Crippen molar-refractivity contribution in [2.75, 3.05) is 7.11 Å². The highest BCUT2D eigenvalue weighted by atomic mass is 16.5. The molecule has 6 rings (SSSR count). The van der Waals surface area contributed by atoms with E-state index in [1.54, 1.807) is 12.4 Å². The minimum atomic E-state index is -0.406. The quantitative estimate of drug-likeness (QED) is 0.650. The van der Waals surface area contributed by atoms with Gasteiger partial charge in [0, 0.05) is 22.7 Å². The molecule has 0 aliphatic heterocycles. The van der Waals surface area contributed by atoms with Crippen molar-refractivity contribution in [3.8, 4) is 0 Å². The topological polar surface area (TPSA) is 98.1 Å². The molecule has 4 aliphatic carbocycles. The number of nitrogens with zero attached hydrogens (tertiary/aromatic N) is 4. The van der Waals surface area contributed by atoms with E-state index in [-0.39, 0.29) is 28.3 Å². The monoisotopic (exact) mass is 464 g/mol. The molecule has 1 N–H and O–H groups in total. The molecule has 7 nitrogen and oxygen atoms in total. The Kier molecular flexibility index (Phi) is 5.01. The fraction of sp³-hybridized carbons (Fsp3) is 0.667. The molecule has 2 aromatic heterocycles. The number of methoxy groups -OCH3 is 1. The van der Waals surface area contributed by atoms with Crippen molar-refractivity contribution in [2.24, 2.45) is 10.8 Å². The summed E-state index contributed by atoms with van der Waals surface area (Å²) in [5, 5.41) is 9.13. The van der Waals surface area contributed by atoms with E-state index in [0.717, 1.165) is 29.9 Å². The molecule has 182 valence electrons. The molecule has 2 saturated carbocycles. The first-order valence-corrected chi connectivity index (χ1v) is 12.3. The largest absolute Gasteiger partial charge is 0.464 e. The second kappa shape index (κ2) is 7.30. The molecular weight excluding hydrogens is 428 g/mol. The second-order valence-corrected chi connectivity index (χ2v) is 12.0. The van der Waals surface area contributed by atoms with Gasteiger partial charge in [-0.25, -0.2) is 9.78 Å². The van der Waals surface area contributed by atoms with E-state index < -0.39 is 5.97 Å². The number of aromatic nitrogens is 4. The summed E-state index contributed by atoms with van der Waals surface area (Å²) in [5.74, 6) is 0.525. The first-order valence-electron chi connectivity index (χ1n) is 12.3. The van der Waals surface area contributed by atoms with Gasteiger partial charge in [-0.3, -0.25) is 15.0 Å². The van der Waals surface area contributed by atoms with Gasteiger partial charge in [-0.15, -0.1) is 0 Å². The summed E-state index contributed by atoms with van der Waals surface area (Å²) in [4.78, 5) is 29.7. The standard InChI is InChI=1S/C14H18N2O2.C13H18N2O/c1-13(2)8-5-6-14(13,3)11-10(8)16-9(7-15-11)12(17)18-4;1-12(2)9-4-5-13(12,3)11-10(9)15-8(7-16)6-14-11/h7-8H,5-6H2,1-4H3;6,9,16H,4-5,7H2,1-3H3. The van der Waals surface area contributed by atoms with Crippen molar-refractivity contribution >= 4 is 5.97 Å². The van der Waals surface area contributed by atoms with Crippen molar-refractivity contribution in [3.63, 3.8) is 0 Å². The number of hydrogen-bond acceptors (Lipinski definition) is 7. The molecule has 2 fully saturated rings. The summed E-state index contributed by atoms with van der Waals surface area (Å²) in [6.45, 7) is 13.8. The van der Waals surface area contributed by atoms with Gasteiger partial charge in [0.15, 0.2) is 5.69 Å². The van der Waals surface area contributed by atoms with E-state index in [1.165, 1.54) is 25.6 Å². The first-order chi connectivity index (χ1) is 15.9. The van der Waals surface area contributed by atoms with E-state index in [1.807, 2.05) is 0 Å². The maximum absolute atomic E-state index is 11.5. The van der Waals surface area contributed by atoms with E-state index in [9.17, 15) is 4.79 Å². The van der Waals surface area contributed by atoms with E-state index >= 15 is 0 Å². The maximum Gasteiger partial charge on any atom is 0.358 e. The lowest BCUT2D eigenvalue weighted by Crippen LogP contribution is -2.32. The molecular formula is C27H36N4O3. The summed E-state index contributed by atoms with van der Waals surface area (Å²) in [6, 6.07) is 0. The Morgan fingerprint density at radius 3 is 1.91 bits per heavy atom. The zero-order valence-electron chi connectivity index (χ0n) is 21.4. The van der Waals surface area contributed by atoms with Gasteiger partial charge < -0.3 is 9.84 Å². The fourth-order valence-electron chi connectivity index (χ4n) is 7.27. The summed E-state index contributed by atoms with van der Waals surface area (Å²) in [7, 11) is 1.37. The van der Waals surface area contributed by atoms with Crippen LogP contribution in [0.2, 0.25) is 0 Å². The molecule has 2 heterocycles. The number of esters is 1. The smallest absolute Gasteiger partial charge is 0.358 e. The van der Waals surface area contributed by atoms with Gasteiger partial charge in [-0.2, -0.15) is 0 Å². The average molecular weight is 465 g/mol. The number of hydrogen-bond donors (Lipinski definition) is 1. The highest BCUT2D eigenvalue weighted by molar-refractivity contribution is 5.86. The van der Waals surface area contributed by atoms with Crippen LogP contribution in [0.3, 0.4) is 0 Å². The Hall–Kier alpha value is -2.41. The number of carbonyl (C=O) groups excluding carboxylic acids is 1. The normalized spacial score (nSPS) is 32.6. The zero-order chi connectivity index (χ0) is 24.7. The van der Waals surface area contributed by atoms with Gasteiger partial charge in [0.2, 0.25) is 0 Å². The molecule has 0 radical (unpaired) electrons. The minimum absolute atomic E-state index is 0.00978. The van der Waals surface area contributed by atoms with Crippen LogP contribution in [-0.2, 0) is 22.2 Å². The molecule has 34 heavy (non-hydrogen) atoms. The number of fused-ring (bicyclic) bond motifs is 10. The van der Waals surface area contributed by atoms with Gasteiger partial charge in [0.05, 0.1) is 54.6 Å². The Morgan fingerprint density at radius 1 is 0.912 bits per heavy atom. The van der Waals surface area contributed by atoms with Crippen LogP contribution in [-0.4, -0.2) is 38.1 Å². The van der Waals surface area contributed by atoms with Crippen LogP contribution in [0.4, 0.5) is 0 Å². The van der Waals surface area contributed by atoms with Crippen molar-refractivity contribution in [1.82, 2.24) is 19.9 Å². The summed E-state index contributed by atoms with van der Waals surface area (Å²) >= 11 is 0. The molecule has 0 spiro atoms. The van der Waals surface area contributed by atoms with E-state index in [2.05, 4.69) is 61.5 Å². The Morgan fingerprint density at radius 2 is 1.41 bits per heavy atom. The van der Waals surface area contributed by atoms with Crippen molar-refractivity contribution in [1.29, 1.82) is 0 Å². The fourth-order valence-corrected chi connectivity index (χ4v) is 7.27. The first kappa shape index (κ1) is 23.3. The number of rotatable bonds is 2. The Bertz CT molecular complexity index is 1180. The van der Waals surface area contributed by atoms with Gasteiger partial charge >= 0.3 is 5.97 Å². The van der Waals surface area contributed by atoms with Gasteiger partial charge in [0.25, 0.3) is 0 Å². The molecule has 0 saturated heterocycles. The zero-order valence-corrected chi connectivity index (χ0v) is 21.4. The predicted molar refractivity (Wildman–Crippen MR) is 128 cm³/mol. The van der Waals surface area contributed by atoms with Crippen LogP contribution in [0, 0.1) is 10.8 Å². The van der Waals surface area contributed by atoms with Crippen LogP contribution in [0.5, 0.6) is 0 Å². The highest BCUT2D eigenvalue weighted by Crippen LogP contribution is 2.67. The number of ether oxygens (including phenoxy) is 1. The average Bonchev–Trinajstić information content (AvgIpc) is 3.33. The molecule has 4 bridgehead atoms. The van der Waals surface area contributed by atoms with Gasteiger partial charge in [-0.1, -0.05) is 41.5 Å². The number of aliphatic hydroxyl groups excluding tert-OH is 1. The summed E-state index contributed by atoms with van der Waals surface area (Å²) in [6.07, 6.45) is 7.98. The molecule has 0 amide bonds. The van der Waals surface area contributed by atoms with Crippen molar-refractivity contribution < 1.29 is 14.6 Å². The van der Waals surface area contributed by atoms with Crippen LogP contribution in [0.1, 0.15) is 118 Å². The molecule has 7 heteroatoms. The van der Waals surface area contributed by atoms with Crippen LogP contribution >= 0.6 is 0 Å². The Labute approximate surface area is 201 Å². The lowest BCUT2D eigenvalue weighted by molar-refractivity contribution is 0.0593. The van der Waals surface area contributed by atoms with E-state index in [0.29, 0.717) is 23.2 Å². The lowest BCUT2D eigenvalue weighted by Gasteiger charge is -2.33. The third-order valence-electron chi connectivity index (χ3n) is 10.4. The van der Waals surface area contributed by atoms with Crippen molar-refractivity contribution in [3.05, 3.63) is 46.6 Å². The molecule has 0 aromatic carbocycles. The SMILES string of the molecule is CC12CCC(c3nc(CO)cnc31)C2(C)C.COC(=O)c1cnc2c(n1)C1CCC2(C)C1(C)C.